The van der Waals surface area contributed by atoms with Crippen molar-refractivity contribution in [2.45, 2.75) is 16.7 Å². The maximum absolute atomic E-state index is 12.4. The van der Waals surface area contributed by atoms with E-state index in [1.54, 1.807) is 6.92 Å². The second kappa shape index (κ2) is 7.58. The van der Waals surface area contributed by atoms with Gasteiger partial charge < -0.3 is 0 Å². The molecule has 0 amide bonds. The van der Waals surface area contributed by atoms with Gasteiger partial charge in [0.15, 0.2) is 0 Å². The zero-order chi connectivity index (χ0) is 19.5. The Morgan fingerprint density at radius 1 is 1.04 bits per heavy atom. The van der Waals surface area contributed by atoms with Gasteiger partial charge in [-0.15, -0.1) is 0 Å². The van der Waals surface area contributed by atoms with Crippen molar-refractivity contribution >= 4 is 43.0 Å². The van der Waals surface area contributed by atoms with Crippen LogP contribution < -0.4 is 9.44 Å². The number of hydrogen-bond donors (Lipinski definition) is 2. The number of rotatable bonds is 7. The van der Waals surface area contributed by atoms with E-state index in [2.05, 4.69) is 9.44 Å². The van der Waals surface area contributed by atoms with Crippen molar-refractivity contribution in [2.24, 2.45) is 0 Å². The number of nitrogens with zero attached hydrogens (tertiary/aromatic N) is 1. The molecule has 0 unspecified atom stereocenters. The van der Waals surface area contributed by atoms with Gasteiger partial charge in [-0.25, -0.2) is 21.6 Å². The van der Waals surface area contributed by atoms with Crippen molar-refractivity contribution in [3.8, 4) is 0 Å². The van der Waals surface area contributed by atoms with E-state index in [9.17, 15) is 26.9 Å². The molecule has 9 nitrogen and oxygen atoms in total. The van der Waals surface area contributed by atoms with Crippen LogP contribution in [0.5, 0.6) is 0 Å². The molecule has 0 aliphatic heterocycles. The van der Waals surface area contributed by atoms with E-state index in [0.29, 0.717) is 0 Å². The quantitative estimate of drug-likeness (QED) is 0.522. The van der Waals surface area contributed by atoms with Crippen molar-refractivity contribution in [1.82, 2.24) is 4.72 Å². The highest BCUT2D eigenvalue weighted by Gasteiger charge is 2.21. The third kappa shape index (κ3) is 4.49. The third-order valence-corrected chi connectivity index (χ3v) is 6.59. The number of nitro groups is 1. The maximum Gasteiger partial charge on any atom is 0.271 e. The lowest BCUT2D eigenvalue weighted by molar-refractivity contribution is -0.384. The molecule has 2 N–H and O–H groups in total. The summed E-state index contributed by atoms with van der Waals surface area (Å²) in [5.41, 5.74) is -0.234. The smallest absolute Gasteiger partial charge is 0.271 e. The Morgan fingerprint density at radius 2 is 1.65 bits per heavy atom. The molecule has 0 saturated carbocycles. The fraction of sp³-hybridized carbons (Fsp3) is 0.143. The van der Waals surface area contributed by atoms with Crippen molar-refractivity contribution in [2.75, 3.05) is 11.3 Å². The molecule has 0 aromatic heterocycles. The van der Waals surface area contributed by atoms with Crippen molar-refractivity contribution in [1.29, 1.82) is 0 Å². The van der Waals surface area contributed by atoms with Crippen LogP contribution in [0.3, 0.4) is 0 Å². The average Bonchev–Trinajstić information content (AvgIpc) is 2.54. The van der Waals surface area contributed by atoms with Gasteiger partial charge in [0.25, 0.3) is 15.7 Å². The first-order valence-corrected chi connectivity index (χ1v) is 10.5. The average molecular weight is 420 g/mol. The van der Waals surface area contributed by atoms with Crippen LogP contribution in [-0.4, -0.2) is 28.3 Å². The van der Waals surface area contributed by atoms with Crippen molar-refractivity contribution in [3.63, 3.8) is 0 Å². The number of benzene rings is 2. The Labute approximate surface area is 155 Å². The zero-order valence-electron chi connectivity index (χ0n) is 13.3. The molecule has 12 heteroatoms. The molecule has 0 atom stereocenters. The molecule has 0 aliphatic rings. The normalized spacial score (nSPS) is 11.9. The van der Waals surface area contributed by atoms with Crippen LogP contribution in [0, 0.1) is 10.1 Å². The highest BCUT2D eigenvalue weighted by atomic mass is 35.5. The summed E-state index contributed by atoms with van der Waals surface area (Å²) in [6, 6.07) is 8.02. The zero-order valence-corrected chi connectivity index (χ0v) is 15.7. The van der Waals surface area contributed by atoms with Crippen LogP contribution in [0.25, 0.3) is 0 Å². The number of non-ortho nitro benzene ring substituents is 1. The van der Waals surface area contributed by atoms with Gasteiger partial charge in [-0.2, -0.15) is 0 Å². The molecule has 2 aromatic rings. The molecular formula is C14H14ClN3O6S2. The molecule has 0 saturated heterocycles. The predicted molar refractivity (Wildman–Crippen MR) is 96.2 cm³/mol. The first kappa shape index (κ1) is 20.1. The second-order valence-electron chi connectivity index (χ2n) is 5.00. The Kier molecular flexibility index (Phi) is 5.86. The second-order valence-corrected chi connectivity index (χ2v) is 8.83. The minimum absolute atomic E-state index is 0.0179. The third-order valence-electron chi connectivity index (χ3n) is 3.17. The molecule has 2 rings (SSSR count). The lowest BCUT2D eigenvalue weighted by Gasteiger charge is -2.10. The summed E-state index contributed by atoms with van der Waals surface area (Å²) in [5, 5.41) is 10.4. The van der Waals surface area contributed by atoms with Crippen molar-refractivity contribution in [3.05, 3.63) is 57.6 Å². The van der Waals surface area contributed by atoms with Crippen LogP contribution in [0.1, 0.15) is 6.92 Å². The van der Waals surface area contributed by atoms with E-state index in [-0.39, 0.29) is 32.7 Å². The Balaban J connectivity index is 2.29. The summed E-state index contributed by atoms with van der Waals surface area (Å²) < 4.78 is 53.1. The molecule has 0 radical (unpaired) electrons. The van der Waals surface area contributed by atoms with E-state index in [0.717, 1.165) is 18.2 Å². The van der Waals surface area contributed by atoms with Gasteiger partial charge in [-0.05, 0) is 30.3 Å². The molecule has 0 bridgehead atoms. The number of nitro benzene ring substituents is 1. The molecule has 2 aromatic carbocycles. The molecular weight excluding hydrogens is 406 g/mol. The highest BCUT2D eigenvalue weighted by Crippen LogP contribution is 2.28. The van der Waals surface area contributed by atoms with E-state index < -0.39 is 25.0 Å². The summed E-state index contributed by atoms with van der Waals surface area (Å²) in [5.74, 6) is 0. The molecule has 26 heavy (non-hydrogen) atoms. The van der Waals surface area contributed by atoms with Crippen LogP contribution in [0.15, 0.2) is 52.3 Å². The summed E-state index contributed by atoms with van der Waals surface area (Å²) in [4.78, 5) is 9.64. The molecule has 140 valence electrons. The Morgan fingerprint density at radius 3 is 2.15 bits per heavy atom. The van der Waals surface area contributed by atoms with Gasteiger partial charge in [0, 0.05) is 24.4 Å². The van der Waals surface area contributed by atoms with Crippen LogP contribution >= 0.6 is 11.6 Å². The first-order valence-electron chi connectivity index (χ1n) is 7.13. The Hall–Kier alpha value is -2.21. The summed E-state index contributed by atoms with van der Waals surface area (Å²) in [7, 11) is -7.77. The predicted octanol–water partition coefficient (Wildman–Crippen LogP) is 2.35. The van der Waals surface area contributed by atoms with E-state index in [4.69, 9.17) is 11.6 Å². The Bertz CT molecular complexity index is 1040. The number of sulfonamides is 2. The standard InChI is InChI=1S/C14H14ClN3O6S2/c1-2-16-25(21,22)12-6-3-10(4-7-12)17-26(23,24)14-8-5-11(18(19)20)9-13(14)15/h3-9,16-17H,2H2,1H3. The van der Waals surface area contributed by atoms with E-state index >= 15 is 0 Å². The van der Waals surface area contributed by atoms with Gasteiger partial charge in [-0.3, -0.25) is 14.8 Å². The lowest BCUT2D eigenvalue weighted by atomic mass is 10.3. The van der Waals surface area contributed by atoms with Crippen molar-refractivity contribution < 1.29 is 21.8 Å². The summed E-state index contributed by atoms with van der Waals surface area (Å²) in [6.07, 6.45) is 0. The van der Waals surface area contributed by atoms with Gasteiger partial charge in [0.2, 0.25) is 10.0 Å². The van der Waals surface area contributed by atoms with Crippen LogP contribution in [0.4, 0.5) is 11.4 Å². The summed E-state index contributed by atoms with van der Waals surface area (Å²) in [6.45, 7) is 1.85. The lowest BCUT2D eigenvalue weighted by Crippen LogP contribution is -2.23. The first-order chi connectivity index (χ1) is 12.1. The van der Waals surface area contributed by atoms with Crippen LogP contribution in [-0.2, 0) is 20.0 Å². The largest absolute Gasteiger partial charge is 0.280 e. The number of anilines is 1. The monoisotopic (exact) mass is 419 g/mol. The molecule has 0 aliphatic carbocycles. The minimum Gasteiger partial charge on any atom is -0.280 e. The van der Waals surface area contributed by atoms with Gasteiger partial charge in [0.1, 0.15) is 4.90 Å². The minimum atomic E-state index is -4.11. The number of hydrogen-bond acceptors (Lipinski definition) is 6. The number of halogens is 1. The van der Waals surface area contributed by atoms with E-state index in [1.165, 1.54) is 24.3 Å². The van der Waals surface area contributed by atoms with Gasteiger partial charge in [-0.1, -0.05) is 18.5 Å². The van der Waals surface area contributed by atoms with E-state index in [1.807, 2.05) is 0 Å². The van der Waals surface area contributed by atoms with Gasteiger partial charge in [0.05, 0.1) is 14.8 Å². The fourth-order valence-electron chi connectivity index (χ4n) is 2.01. The topological polar surface area (TPSA) is 135 Å². The highest BCUT2D eigenvalue weighted by molar-refractivity contribution is 7.92. The van der Waals surface area contributed by atoms with Gasteiger partial charge >= 0.3 is 0 Å². The van der Waals surface area contributed by atoms with Crippen LogP contribution in [0.2, 0.25) is 5.02 Å². The molecule has 0 spiro atoms. The maximum atomic E-state index is 12.4. The summed E-state index contributed by atoms with van der Waals surface area (Å²) >= 11 is 5.83. The number of nitrogens with one attached hydrogen (secondary N) is 2. The fourth-order valence-corrected chi connectivity index (χ4v) is 4.65. The molecule has 0 fully saturated rings. The SMILES string of the molecule is CCNS(=O)(=O)c1ccc(NS(=O)(=O)c2ccc([N+](=O)[O-])cc2Cl)cc1. The molecule has 0 heterocycles.